The summed E-state index contributed by atoms with van der Waals surface area (Å²) in [6.45, 7) is 12.2. The van der Waals surface area contributed by atoms with Crippen LogP contribution in [0.1, 0.15) is 93.5 Å². The highest BCUT2D eigenvalue weighted by Crippen LogP contribution is 2.61. The molecule has 0 amide bonds. The first kappa shape index (κ1) is 35.6. The van der Waals surface area contributed by atoms with Gasteiger partial charge in [-0.15, -0.1) is 0 Å². The molecule has 0 bridgehead atoms. The Labute approximate surface area is 275 Å². The van der Waals surface area contributed by atoms with Gasteiger partial charge in [-0.25, -0.2) is 23.4 Å². The molecular formula is C35H45F2N5O5. The number of esters is 1. The summed E-state index contributed by atoms with van der Waals surface area (Å²) in [5, 5.41) is 13.1. The molecule has 2 fully saturated rings. The number of hydrogen-bond acceptors (Lipinski definition) is 9. The zero-order valence-corrected chi connectivity index (χ0v) is 28.5. The van der Waals surface area contributed by atoms with Crippen molar-refractivity contribution in [1.82, 2.24) is 14.5 Å². The third-order valence-corrected chi connectivity index (χ3v) is 8.68. The first-order valence-electron chi connectivity index (χ1n) is 15.9. The van der Waals surface area contributed by atoms with Crippen LogP contribution in [-0.2, 0) is 16.0 Å². The minimum Gasteiger partial charge on any atom is -0.496 e. The van der Waals surface area contributed by atoms with Gasteiger partial charge in [-0.05, 0) is 76.3 Å². The number of ether oxygens (including phenoxy) is 3. The molecule has 1 unspecified atom stereocenters. The smallest absolute Gasteiger partial charge is 0.419 e. The molecule has 1 saturated carbocycles. The van der Waals surface area contributed by atoms with E-state index >= 15 is 0 Å². The summed E-state index contributed by atoms with van der Waals surface area (Å²) in [5.74, 6) is -2.36. The second kappa shape index (κ2) is 13.9. The fourth-order valence-corrected chi connectivity index (χ4v) is 6.84. The molecule has 12 heteroatoms. The second-order valence-corrected chi connectivity index (χ2v) is 13.1. The number of benzene rings is 1. The zero-order valence-electron chi connectivity index (χ0n) is 28.5. The number of aromatic nitrogens is 2. The predicted molar refractivity (Wildman–Crippen MR) is 175 cm³/mol. The number of aryl methyl sites for hydroxylation is 1. The normalized spacial score (nSPS) is 18.4. The highest BCUT2D eigenvalue weighted by atomic mass is 19.3. The largest absolute Gasteiger partial charge is 0.496 e. The van der Waals surface area contributed by atoms with E-state index in [1.807, 2.05) is 59.7 Å². The van der Waals surface area contributed by atoms with Crippen LogP contribution in [0.3, 0.4) is 0 Å². The van der Waals surface area contributed by atoms with Gasteiger partial charge in [0, 0.05) is 48.1 Å². The molecule has 1 spiro atoms. The van der Waals surface area contributed by atoms with Crippen LogP contribution < -0.4 is 10.1 Å². The Bertz CT molecular complexity index is 1670. The number of likely N-dealkylation sites (tertiary alicyclic amines) is 1. The van der Waals surface area contributed by atoms with E-state index in [0.29, 0.717) is 48.6 Å². The molecule has 1 aliphatic carbocycles. The van der Waals surface area contributed by atoms with Crippen LogP contribution in [0.5, 0.6) is 5.75 Å². The van der Waals surface area contributed by atoms with E-state index in [1.165, 1.54) is 11.7 Å². The first-order chi connectivity index (χ1) is 22.2. The van der Waals surface area contributed by atoms with Crippen molar-refractivity contribution in [1.29, 1.82) is 5.26 Å². The van der Waals surface area contributed by atoms with E-state index in [4.69, 9.17) is 14.2 Å². The third kappa shape index (κ3) is 7.51. The molecule has 3 aromatic rings. The van der Waals surface area contributed by atoms with Crippen LogP contribution in [0.25, 0.3) is 10.9 Å². The average molecular weight is 654 g/mol. The molecule has 0 radical (unpaired) electrons. The lowest BCUT2D eigenvalue weighted by Crippen LogP contribution is -2.53. The Morgan fingerprint density at radius 1 is 1.17 bits per heavy atom. The van der Waals surface area contributed by atoms with Gasteiger partial charge in [0.2, 0.25) is 5.92 Å². The summed E-state index contributed by atoms with van der Waals surface area (Å²) in [6, 6.07) is 8.73. The molecule has 47 heavy (non-hydrogen) atoms. The summed E-state index contributed by atoms with van der Waals surface area (Å²) in [7, 11) is 2.85. The van der Waals surface area contributed by atoms with Crippen molar-refractivity contribution in [2.75, 3.05) is 32.6 Å². The van der Waals surface area contributed by atoms with Crippen LogP contribution >= 0.6 is 0 Å². The maximum atomic E-state index is 14.3. The molecule has 1 aromatic carbocycles. The van der Waals surface area contributed by atoms with E-state index in [0.717, 1.165) is 16.5 Å². The van der Waals surface area contributed by atoms with Crippen LogP contribution in [0.15, 0.2) is 30.5 Å². The van der Waals surface area contributed by atoms with Gasteiger partial charge in [0.1, 0.15) is 23.7 Å². The van der Waals surface area contributed by atoms with E-state index in [2.05, 4.69) is 15.2 Å². The maximum Gasteiger partial charge on any atom is 0.419 e. The number of carbonyl (C=O) groups is 2. The van der Waals surface area contributed by atoms with Crippen molar-refractivity contribution < 1.29 is 32.6 Å². The minimum absolute atomic E-state index is 0.0643. The Morgan fingerprint density at radius 3 is 2.47 bits per heavy atom. The summed E-state index contributed by atoms with van der Waals surface area (Å²) < 4.78 is 46.4. The van der Waals surface area contributed by atoms with Crippen molar-refractivity contribution in [3.8, 4) is 11.8 Å². The predicted octanol–water partition coefficient (Wildman–Crippen LogP) is 7.64. The first-order valence-corrected chi connectivity index (χ1v) is 15.9. The maximum absolute atomic E-state index is 14.3. The SMILES string of the molecule is CC.COC(=O)c1ccc(C2CC3(CCN2Cc2c(OC)cc(C)c4c2ccn4C(=O)OC(C)(C)C)CC(F)(F)C3)c(NCC#N)n1. The van der Waals surface area contributed by atoms with Gasteiger partial charge in [0.15, 0.2) is 5.69 Å². The topological polar surface area (TPSA) is 119 Å². The van der Waals surface area contributed by atoms with E-state index in [-0.39, 0.29) is 31.1 Å². The monoisotopic (exact) mass is 653 g/mol. The van der Waals surface area contributed by atoms with Gasteiger partial charge in [-0.3, -0.25) is 9.47 Å². The molecule has 5 rings (SSSR count). The summed E-state index contributed by atoms with van der Waals surface area (Å²) in [5.41, 5.74) is 1.92. The Hall–Kier alpha value is -4.24. The molecule has 1 saturated heterocycles. The summed E-state index contributed by atoms with van der Waals surface area (Å²) >= 11 is 0. The molecule has 254 valence electrons. The van der Waals surface area contributed by atoms with Crippen LogP contribution in [-0.4, -0.2) is 65.3 Å². The number of nitrogens with zero attached hydrogens (tertiary/aromatic N) is 4. The molecule has 2 aromatic heterocycles. The zero-order chi connectivity index (χ0) is 34.7. The van der Waals surface area contributed by atoms with Crippen molar-refractivity contribution in [3.05, 3.63) is 52.8 Å². The van der Waals surface area contributed by atoms with E-state index < -0.39 is 29.0 Å². The molecule has 1 atom stereocenters. The van der Waals surface area contributed by atoms with Crippen molar-refractivity contribution in [2.45, 2.75) is 91.3 Å². The molecule has 1 N–H and O–H groups in total. The number of fused-ring (bicyclic) bond motifs is 1. The lowest BCUT2D eigenvalue weighted by Gasteiger charge is -2.54. The quantitative estimate of drug-likeness (QED) is 0.203. The Morgan fingerprint density at radius 2 is 1.87 bits per heavy atom. The van der Waals surface area contributed by atoms with Gasteiger partial charge >= 0.3 is 12.1 Å². The Balaban J connectivity index is 0.00000245. The molecular weight excluding hydrogens is 608 g/mol. The van der Waals surface area contributed by atoms with Gasteiger partial charge < -0.3 is 19.5 Å². The van der Waals surface area contributed by atoms with Crippen LogP contribution in [0, 0.1) is 23.7 Å². The third-order valence-electron chi connectivity index (χ3n) is 8.68. The number of methoxy groups -OCH3 is 2. The molecule has 2 aliphatic rings. The number of halogens is 2. The number of nitriles is 1. The van der Waals surface area contributed by atoms with Gasteiger partial charge in [0.05, 0.1) is 25.8 Å². The van der Waals surface area contributed by atoms with E-state index in [1.54, 1.807) is 25.4 Å². The van der Waals surface area contributed by atoms with Crippen LogP contribution in [0.2, 0.25) is 0 Å². The summed E-state index contributed by atoms with van der Waals surface area (Å²) in [4.78, 5) is 32.1. The van der Waals surface area contributed by atoms with Gasteiger partial charge in [-0.1, -0.05) is 19.9 Å². The van der Waals surface area contributed by atoms with Crippen molar-refractivity contribution in [2.24, 2.45) is 5.41 Å². The lowest BCUT2D eigenvalue weighted by atomic mass is 9.59. The van der Waals surface area contributed by atoms with E-state index in [9.17, 15) is 23.6 Å². The Kier molecular flexibility index (Phi) is 10.5. The molecule has 1 aliphatic heterocycles. The molecule has 3 heterocycles. The molecule has 10 nitrogen and oxygen atoms in total. The average Bonchev–Trinajstić information content (AvgIpc) is 3.47. The number of nitrogens with one attached hydrogen (secondary N) is 1. The fourth-order valence-electron chi connectivity index (χ4n) is 6.84. The highest BCUT2D eigenvalue weighted by Gasteiger charge is 2.58. The summed E-state index contributed by atoms with van der Waals surface area (Å²) in [6.07, 6.45) is 1.85. The van der Waals surface area contributed by atoms with Crippen LogP contribution in [0.4, 0.5) is 19.4 Å². The number of rotatable bonds is 7. The fraction of sp³-hybridized carbons (Fsp3) is 0.543. The van der Waals surface area contributed by atoms with Gasteiger partial charge in [-0.2, -0.15) is 5.26 Å². The number of pyridine rings is 1. The number of alkyl halides is 2. The van der Waals surface area contributed by atoms with Gasteiger partial charge in [0.25, 0.3) is 0 Å². The van der Waals surface area contributed by atoms with Crippen molar-refractivity contribution in [3.63, 3.8) is 0 Å². The highest BCUT2D eigenvalue weighted by molar-refractivity contribution is 5.95. The number of piperidine rings is 1. The van der Waals surface area contributed by atoms with Crippen molar-refractivity contribution >= 4 is 28.8 Å². The number of hydrogen-bond donors (Lipinski definition) is 1. The minimum atomic E-state index is -2.70. The standard InChI is InChI=1S/C33H39F2N5O5.C2H6/c1-20-15-26(43-5)23(21-9-13-40(27(20)21)30(42)45-31(2,3)4)17-39-14-10-32(18-33(34,35)19-32)16-25(39)22-7-8-24(29(41)44-6)38-28(22)37-12-11-36;1-2/h7-9,13,15,25H,10,12,14,16-19H2,1-6H3,(H,37,38);1-2H3. The number of carbonyl (C=O) groups excluding carboxylic acids is 2. The number of anilines is 1. The second-order valence-electron chi connectivity index (χ2n) is 13.1. The lowest BCUT2D eigenvalue weighted by molar-refractivity contribution is -0.186.